The first-order valence-electron chi connectivity index (χ1n) is 10.3. The lowest BCUT2D eigenvalue weighted by molar-refractivity contribution is -0.134. The van der Waals surface area contributed by atoms with E-state index in [0.29, 0.717) is 13.1 Å². The van der Waals surface area contributed by atoms with E-state index in [1.165, 1.54) is 0 Å². The molecule has 32 heavy (non-hydrogen) atoms. The van der Waals surface area contributed by atoms with Crippen molar-refractivity contribution in [1.82, 2.24) is 10.2 Å². The fraction of sp³-hybridized carbons (Fsp3) is 0.333. The molecule has 0 aliphatic rings. The van der Waals surface area contributed by atoms with Crippen molar-refractivity contribution in [3.05, 3.63) is 74.6 Å². The maximum atomic E-state index is 13.7. The number of aromatic hydroxyl groups is 1. The number of phenols is 1. The van der Waals surface area contributed by atoms with E-state index in [-0.39, 0.29) is 18.1 Å². The Labute approximate surface area is 196 Å². The minimum absolute atomic E-state index is 0.147. The average molecular weight is 473 g/mol. The molecule has 0 fully saturated rings. The van der Waals surface area contributed by atoms with E-state index >= 15 is 0 Å². The summed E-state index contributed by atoms with van der Waals surface area (Å²) >= 11 is 3.18. The van der Waals surface area contributed by atoms with Gasteiger partial charge in [0.25, 0.3) is 0 Å². The smallest absolute Gasteiger partial charge is 0.408 e. The molecule has 2 N–H and O–H groups in total. The number of carbonyl (C=O) groups excluding carboxylic acids is 2. The molecule has 0 spiro atoms. The molecule has 6 nitrogen and oxygen atoms in total. The van der Waals surface area contributed by atoms with E-state index < -0.39 is 17.7 Å². The molecular formula is C24H28N2O4S2. The van der Waals surface area contributed by atoms with Crippen molar-refractivity contribution < 1.29 is 19.4 Å². The molecule has 2 heterocycles. The van der Waals surface area contributed by atoms with Crippen LogP contribution in [0.2, 0.25) is 0 Å². The minimum Gasteiger partial charge on any atom is -0.508 e. The first-order valence-corrected chi connectivity index (χ1v) is 12.1. The highest BCUT2D eigenvalue weighted by molar-refractivity contribution is 7.10. The maximum absolute atomic E-state index is 13.7. The van der Waals surface area contributed by atoms with E-state index in [9.17, 15) is 14.7 Å². The molecule has 0 radical (unpaired) electrons. The molecule has 0 unspecified atom stereocenters. The molecule has 1 atom stereocenters. The van der Waals surface area contributed by atoms with Crippen molar-refractivity contribution in [2.75, 3.05) is 0 Å². The zero-order chi connectivity index (χ0) is 23.1. The first kappa shape index (κ1) is 23.8. The topological polar surface area (TPSA) is 78.9 Å². The minimum atomic E-state index is -0.811. The van der Waals surface area contributed by atoms with Crippen LogP contribution in [0.5, 0.6) is 5.75 Å². The predicted molar refractivity (Wildman–Crippen MR) is 128 cm³/mol. The third-order valence-electron chi connectivity index (χ3n) is 4.53. The number of nitrogens with zero attached hydrogens (tertiary/aromatic N) is 1. The summed E-state index contributed by atoms with van der Waals surface area (Å²) in [6.07, 6.45) is -0.356. The Morgan fingerprint density at radius 2 is 1.56 bits per heavy atom. The summed E-state index contributed by atoms with van der Waals surface area (Å²) in [6, 6.07) is 13.7. The molecule has 8 heteroatoms. The number of phenolic OH excluding ortho intramolecular Hbond substituents is 1. The van der Waals surface area contributed by atoms with Crippen LogP contribution in [0.15, 0.2) is 59.3 Å². The predicted octanol–water partition coefficient (Wildman–Crippen LogP) is 5.18. The standard InChI is InChI=1S/C24H28N2O4S2/c1-24(2,3)30-23(29)25-21(14-17-8-10-18(27)11-9-17)22(28)26(15-19-6-4-12-31-19)16-20-7-5-13-32-20/h4-13,21,27H,14-16H2,1-3H3,(H,25,29)/t21-/m0/s1. The van der Waals surface area contributed by atoms with E-state index in [1.54, 1.807) is 72.6 Å². The van der Waals surface area contributed by atoms with E-state index in [4.69, 9.17) is 4.74 Å². The molecule has 0 aliphatic carbocycles. The molecular weight excluding hydrogens is 444 g/mol. The van der Waals surface area contributed by atoms with Gasteiger partial charge in [-0.2, -0.15) is 0 Å². The van der Waals surface area contributed by atoms with Crippen molar-refractivity contribution in [3.8, 4) is 5.75 Å². The SMILES string of the molecule is CC(C)(C)OC(=O)N[C@@H](Cc1ccc(O)cc1)C(=O)N(Cc1cccs1)Cc1cccs1. The average Bonchev–Trinajstić information content (AvgIpc) is 3.41. The summed E-state index contributed by atoms with van der Waals surface area (Å²) in [7, 11) is 0. The van der Waals surface area contributed by atoms with Gasteiger partial charge in [-0.15, -0.1) is 22.7 Å². The molecule has 2 aromatic heterocycles. The number of nitrogens with one attached hydrogen (secondary N) is 1. The van der Waals surface area contributed by atoms with Crippen molar-refractivity contribution in [2.45, 2.75) is 51.9 Å². The van der Waals surface area contributed by atoms with Crippen molar-refractivity contribution in [3.63, 3.8) is 0 Å². The van der Waals surface area contributed by atoms with Crippen LogP contribution in [0.4, 0.5) is 4.79 Å². The Kier molecular flexibility index (Phi) is 7.93. The zero-order valence-corrected chi connectivity index (χ0v) is 20.0. The zero-order valence-electron chi connectivity index (χ0n) is 18.4. The fourth-order valence-corrected chi connectivity index (χ4v) is 4.57. The fourth-order valence-electron chi connectivity index (χ4n) is 3.13. The number of benzene rings is 1. The van der Waals surface area contributed by atoms with Gasteiger partial charge >= 0.3 is 6.09 Å². The van der Waals surface area contributed by atoms with Crippen molar-refractivity contribution >= 4 is 34.7 Å². The number of hydrogen-bond donors (Lipinski definition) is 2. The lowest BCUT2D eigenvalue weighted by atomic mass is 10.0. The molecule has 1 aromatic carbocycles. The number of amides is 2. The molecule has 3 aromatic rings. The normalized spacial score (nSPS) is 12.2. The molecule has 3 rings (SSSR count). The number of thiophene rings is 2. The maximum Gasteiger partial charge on any atom is 0.408 e. The van der Waals surface area contributed by atoms with Crippen LogP contribution in [0.25, 0.3) is 0 Å². The van der Waals surface area contributed by atoms with Crippen LogP contribution in [-0.2, 0) is 29.0 Å². The summed E-state index contributed by atoms with van der Waals surface area (Å²) in [5, 5.41) is 16.3. The van der Waals surface area contributed by atoms with Crippen LogP contribution < -0.4 is 5.32 Å². The van der Waals surface area contributed by atoms with Gasteiger partial charge in [-0.1, -0.05) is 24.3 Å². The quantitative estimate of drug-likeness (QED) is 0.473. The van der Waals surface area contributed by atoms with E-state index in [0.717, 1.165) is 15.3 Å². The summed E-state index contributed by atoms with van der Waals surface area (Å²) in [6.45, 7) is 6.25. The molecule has 2 amide bonds. The van der Waals surface area contributed by atoms with Gasteiger partial charge in [-0.3, -0.25) is 4.79 Å². The number of rotatable bonds is 8. The van der Waals surface area contributed by atoms with Crippen LogP contribution >= 0.6 is 22.7 Å². The van der Waals surface area contributed by atoms with Crippen molar-refractivity contribution in [2.24, 2.45) is 0 Å². The molecule has 0 aliphatic heterocycles. The summed E-state index contributed by atoms with van der Waals surface area (Å²) in [4.78, 5) is 30.1. The van der Waals surface area contributed by atoms with Gasteiger partial charge in [-0.25, -0.2) is 4.79 Å². The monoisotopic (exact) mass is 472 g/mol. The lowest BCUT2D eigenvalue weighted by Crippen LogP contribution is -2.50. The second kappa shape index (κ2) is 10.7. The highest BCUT2D eigenvalue weighted by Crippen LogP contribution is 2.20. The summed E-state index contributed by atoms with van der Waals surface area (Å²) < 4.78 is 5.41. The summed E-state index contributed by atoms with van der Waals surface area (Å²) in [5.74, 6) is -0.0421. The van der Waals surface area contributed by atoms with Gasteiger partial charge < -0.3 is 20.1 Å². The van der Waals surface area contributed by atoms with Crippen molar-refractivity contribution in [1.29, 1.82) is 0 Å². The Balaban J connectivity index is 1.84. The molecule has 0 saturated heterocycles. The molecule has 0 bridgehead atoms. The van der Waals surface area contributed by atoms with Crippen LogP contribution in [-0.4, -0.2) is 33.6 Å². The number of carbonyl (C=O) groups is 2. The van der Waals surface area contributed by atoms with Gasteiger partial charge in [-0.05, 0) is 61.4 Å². The van der Waals surface area contributed by atoms with Gasteiger partial charge in [0.2, 0.25) is 5.91 Å². The number of hydrogen-bond acceptors (Lipinski definition) is 6. The Morgan fingerprint density at radius 1 is 1.00 bits per heavy atom. The molecule has 0 saturated carbocycles. The Bertz CT molecular complexity index is 958. The molecule has 170 valence electrons. The van der Waals surface area contributed by atoms with Gasteiger partial charge in [0.1, 0.15) is 17.4 Å². The number of alkyl carbamates (subject to hydrolysis) is 1. The van der Waals surface area contributed by atoms with Gasteiger partial charge in [0, 0.05) is 16.2 Å². The van der Waals surface area contributed by atoms with Crippen LogP contribution in [0.3, 0.4) is 0 Å². The van der Waals surface area contributed by atoms with Gasteiger partial charge in [0.15, 0.2) is 0 Å². The largest absolute Gasteiger partial charge is 0.508 e. The second-order valence-corrected chi connectivity index (χ2v) is 10.5. The Hall–Kier alpha value is -2.84. The van der Waals surface area contributed by atoms with Crippen LogP contribution in [0, 0.1) is 0 Å². The van der Waals surface area contributed by atoms with Crippen LogP contribution in [0.1, 0.15) is 36.1 Å². The highest BCUT2D eigenvalue weighted by Gasteiger charge is 2.29. The second-order valence-electron chi connectivity index (χ2n) is 8.42. The lowest BCUT2D eigenvalue weighted by Gasteiger charge is -2.28. The number of ether oxygens (including phenoxy) is 1. The van der Waals surface area contributed by atoms with E-state index in [2.05, 4.69) is 5.32 Å². The van der Waals surface area contributed by atoms with E-state index in [1.807, 2.05) is 35.0 Å². The summed E-state index contributed by atoms with van der Waals surface area (Å²) in [5.41, 5.74) is 0.147. The Morgan fingerprint density at radius 3 is 2.03 bits per heavy atom. The first-order chi connectivity index (χ1) is 15.2. The third-order valence-corrected chi connectivity index (χ3v) is 6.25. The third kappa shape index (κ3) is 7.39. The highest BCUT2D eigenvalue weighted by atomic mass is 32.1. The van der Waals surface area contributed by atoms with Gasteiger partial charge in [0.05, 0.1) is 13.1 Å².